The molecular formula is C21H34N2O2. The molecule has 4 heteroatoms. The van der Waals surface area contributed by atoms with Crippen LogP contribution in [0, 0.1) is 12.8 Å². The van der Waals surface area contributed by atoms with E-state index in [0.717, 1.165) is 38.5 Å². The number of ether oxygens (including phenoxy) is 2. The van der Waals surface area contributed by atoms with Crippen LogP contribution in [0.15, 0.2) is 18.2 Å². The molecule has 1 saturated heterocycles. The molecule has 1 aliphatic carbocycles. The highest BCUT2D eigenvalue weighted by Gasteiger charge is 2.34. The summed E-state index contributed by atoms with van der Waals surface area (Å²) in [4.78, 5) is 0. The molecule has 1 saturated carbocycles. The Bertz CT molecular complexity index is 543. The molecule has 0 bridgehead atoms. The number of morpholine rings is 1. The van der Waals surface area contributed by atoms with Crippen molar-refractivity contribution in [3.8, 4) is 5.75 Å². The molecule has 0 radical (unpaired) electrons. The Morgan fingerprint density at radius 3 is 3.00 bits per heavy atom. The fourth-order valence-corrected chi connectivity index (χ4v) is 4.04. The van der Waals surface area contributed by atoms with E-state index in [1.807, 2.05) is 0 Å². The molecule has 1 aromatic carbocycles. The van der Waals surface area contributed by atoms with Crippen molar-refractivity contribution in [2.24, 2.45) is 5.92 Å². The second-order valence-electron chi connectivity index (χ2n) is 7.67. The maximum absolute atomic E-state index is 6.16. The molecule has 2 N–H and O–H groups in total. The van der Waals surface area contributed by atoms with Gasteiger partial charge < -0.3 is 20.1 Å². The van der Waals surface area contributed by atoms with Gasteiger partial charge >= 0.3 is 0 Å². The van der Waals surface area contributed by atoms with Gasteiger partial charge in [-0.3, -0.25) is 0 Å². The van der Waals surface area contributed by atoms with E-state index in [0.29, 0.717) is 18.0 Å². The molecule has 2 fully saturated rings. The first-order valence-electron chi connectivity index (χ1n) is 9.98. The largest absolute Gasteiger partial charge is 0.490 e. The van der Waals surface area contributed by atoms with Crippen LogP contribution in [0.2, 0.25) is 0 Å². The number of benzene rings is 1. The quantitative estimate of drug-likeness (QED) is 0.794. The standard InChI is InChI=1S/C21H34N2O2/c1-4-16(3)25-21-12-15(2)8-9-17(21)13-23-19-7-5-6-18(19)20-14-24-11-10-22-20/h8-9,12,16,18-20,22-23H,4-7,10-11,13-14H2,1-3H3. The van der Waals surface area contributed by atoms with Crippen molar-refractivity contribution in [3.05, 3.63) is 29.3 Å². The van der Waals surface area contributed by atoms with Gasteiger partial charge in [-0.1, -0.05) is 25.5 Å². The van der Waals surface area contributed by atoms with Gasteiger partial charge in [0.05, 0.1) is 19.3 Å². The SMILES string of the molecule is CCC(C)Oc1cc(C)ccc1CNC1CCCC1C1COCCN1. The summed E-state index contributed by atoms with van der Waals surface area (Å²) in [6.45, 7) is 10.0. The minimum atomic E-state index is 0.253. The van der Waals surface area contributed by atoms with Crippen molar-refractivity contribution in [1.82, 2.24) is 10.6 Å². The van der Waals surface area contributed by atoms with E-state index >= 15 is 0 Å². The van der Waals surface area contributed by atoms with Gasteiger partial charge in [-0.05, 0) is 50.7 Å². The summed E-state index contributed by atoms with van der Waals surface area (Å²) >= 11 is 0. The lowest BCUT2D eigenvalue weighted by molar-refractivity contribution is 0.0524. The molecule has 0 aromatic heterocycles. The van der Waals surface area contributed by atoms with Crippen molar-refractivity contribution >= 4 is 0 Å². The van der Waals surface area contributed by atoms with Crippen molar-refractivity contribution < 1.29 is 9.47 Å². The van der Waals surface area contributed by atoms with Crippen LogP contribution in [0.4, 0.5) is 0 Å². The summed E-state index contributed by atoms with van der Waals surface area (Å²) in [5, 5.41) is 7.47. The highest BCUT2D eigenvalue weighted by Crippen LogP contribution is 2.30. The monoisotopic (exact) mass is 346 g/mol. The summed E-state index contributed by atoms with van der Waals surface area (Å²) in [5.74, 6) is 1.71. The third-order valence-corrected chi connectivity index (χ3v) is 5.72. The predicted octanol–water partition coefficient (Wildman–Crippen LogP) is 3.42. The minimum absolute atomic E-state index is 0.253. The Morgan fingerprint density at radius 1 is 1.36 bits per heavy atom. The number of nitrogens with one attached hydrogen (secondary N) is 2. The topological polar surface area (TPSA) is 42.5 Å². The first-order chi connectivity index (χ1) is 12.2. The van der Waals surface area contributed by atoms with Crippen molar-refractivity contribution in [3.63, 3.8) is 0 Å². The Hall–Kier alpha value is -1.10. The van der Waals surface area contributed by atoms with Crippen LogP contribution < -0.4 is 15.4 Å². The van der Waals surface area contributed by atoms with Gasteiger partial charge in [-0.25, -0.2) is 0 Å². The maximum atomic E-state index is 6.16. The maximum Gasteiger partial charge on any atom is 0.124 e. The van der Waals surface area contributed by atoms with Gasteiger partial charge in [0.25, 0.3) is 0 Å². The summed E-state index contributed by atoms with van der Waals surface area (Å²) in [6, 6.07) is 7.64. The van der Waals surface area contributed by atoms with Gasteiger partial charge in [0, 0.05) is 30.7 Å². The van der Waals surface area contributed by atoms with E-state index in [4.69, 9.17) is 9.47 Å². The minimum Gasteiger partial charge on any atom is -0.490 e. The zero-order valence-electron chi connectivity index (χ0n) is 16.0. The number of hydrogen-bond donors (Lipinski definition) is 2. The van der Waals surface area contributed by atoms with Gasteiger partial charge in [0.2, 0.25) is 0 Å². The summed E-state index contributed by atoms with van der Waals surface area (Å²) < 4.78 is 11.8. The lowest BCUT2D eigenvalue weighted by Crippen LogP contribution is -2.50. The predicted molar refractivity (Wildman–Crippen MR) is 102 cm³/mol. The first-order valence-corrected chi connectivity index (χ1v) is 9.98. The fraction of sp³-hybridized carbons (Fsp3) is 0.714. The van der Waals surface area contributed by atoms with E-state index in [-0.39, 0.29) is 6.10 Å². The molecule has 1 heterocycles. The Labute approximate surface area is 152 Å². The fourth-order valence-electron chi connectivity index (χ4n) is 4.04. The lowest BCUT2D eigenvalue weighted by atomic mass is 9.94. The van der Waals surface area contributed by atoms with E-state index in [1.54, 1.807) is 0 Å². The zero-order chi connectivity index (χ0) is 17.6. The van der Waals surface area contributed by atoms with Crippen LogP contribution >= 0.6 is 0 Å². The third-order valence-electron chi connectivity index (χ3n) is 5.72. The Kier molecular flexibility index (Phi) is 6.74. The normalized spacial score (nSPS) is 28.0. The van der Waals surface area contributed by atoms with Gasteiger partial charge in [-0.15, -0.1) is 0 Å². The molecule has 2 aliphatic rings. The molecule has 1 aliphatic heterocycles. The summed E-state index contributed by atoms with van der Waals surface area (Å²) in [7, 11) is 0. The van der Waals surface area contributed by atoms with Crippen LogP contribution in [0.1, 0.15) is 50.7 Å². The number of hydrogen-bond acceptors (Lipinski definition) is 4. The average molecular weight is 347 g/mol. The van der Waals surface area contributed by atoms with E-state index < -0.39 is 0 Å². The van der Waals surface area contributed by atoms with Gasteiger partial charge in [0.1, 0.15) is 5.75 Å². The molecule has 4 nitrogen and oxygen atoms in total. The molecule has 0 amide bonds. The van der Waals surface area contributed by atoms with Crippen LogP contribution in [0.3, 0.4) is 0 Å². The average Bonchev–Trinajstić information content (AvgIpc) is 3.10. The van der Waals surface area contributed by atoms with Crippen molar-refractivity contribution in [2.45, 2.75) is 71.2 Å². The van der Waals surface area contributed by atoms with Crippen molar-refractivity contribution in [2.75, 3.05) is 19.8 Å². The molecule has 1 aromatic rings. The van der Waals surface area contributed by atoms with Crippen molar-refractivity contribution in [1.29, 1.82) is 0 Å². The van der Waals surface area contributed by atoms with E-state index in [2.05, 4.69) is 49.6 Å². The van der Waals surface area contributed by atoms with Crippen LogP contribution in [-0.4, -0.2) is 37.9 Å². The molecule has 140 valence electrons. The Morgan fingerprint density at radius 2 is 2.24 bits per heavy atom. The molecular weight excluding hydrogens is 312 g/mol. The second kappa shape index (κ2) is 9.02. The summed E-state index contributed by atoms with van der Waals surface area (Å²) in [6.07, 6.45) is 5.14. The highest BCUT2D eigenvalue weighted by atomic mass is 16.5. The van der Waals surface area contributed by atoms with Gasteiger partial charge in [0.15, 0.2) is 0 Å². The number of aryl methyl sites for hydroxylation is 1. The van der Waals surface area contributed by atoms with Crippen LogP contribution in [0.25, 0.3) is 0 Å². The van der Waals surface area contributed by atoms with Crippen LogP contribution in [-0.2, 0) is 11.3 Å². The Balaban J connectivity index is 1.62. The first kappa shape index (κ1) is 18.7. The van der Waals surface area contributed by atoms with E-state index in [1.165, 1.54) is 30.4 Å². The summed E-state index contributed by atoms with van der Waals surface area (Å²) in [5.41, 5.74) is 2.52. The molecule has 0 spiro atoms. The van der Waals surface area contributed by atoms with Gasteiger partial charge in [-0.2, -0.15) is 0 Å². The zero-order valence-corrected chi connectivity index (χ0v) is 16.0. The number of rotatable bonds is 7. The lowest BCUT2D eigenvalue weighted by Gasteiger charge is -2.33. The van der Waals surface area contributed by atoms with E-state index in [9.17, 15) is 0 Å². The molecule has 25 heavy (non-hydrogen) atoms. The third kappa shape index (κ3) is 4.96. The molecule has 4 atom stereocenters. The highest BCUT2D eigenvalue weighted by molar-refractivity contribution is 5.37. The molecule has 3 rings (SSSR count). The smallest absolute Gasteiger partial charge is 0.124 e. The molecule has 4 unspecified atom stereocenters. The van der Waals surface area contributed by atoms with Crippen LogP contribution in [0.5, 0.6) is 5.75 Å². The second-order valence-corrected chi connectivity index (χ2v) is 7.67.